The number of alkyl halides is 3. The van der Waals surface area contributed by atoms with Gasteiger partial charge in [-0.2, -0.15) is 13.2 Å². The van der Waals surface area contributed by atoms with Gasteiger partial charge in [0.05, 0.1) is 36.0 Å². The second kappa shape index (κ2) is 12.2. The van der Waals surface area contributed by atoms with E-state index in [9.17, 15) is 18.0 Å². The van der Waals surface area contributed by atoms with Crippen molar-refractivity contribution in [3.05, 3.63) is 65.2 Å². The highest BCUT2D eigenvalue weighted by molar-refractivity contribution is 6.16. The van der Waals surface area contributed by atoms with Crippen LogP contribution in [0.15, 0.2) is 47.7 Å². The van der Waals surface area contributed by atoms with Crippen molar-refractivity contribution < 1.29 is 27.4 Å². The Hall–Kier alpha value is -4.39. The quantitative estimate of drug-likeness (QED) is 0.355. The number of benzene rings is 1. The minimum atomic E-state index is -4.44. The number of rotatable bonds is 11. The number of allylic oxidation sites excluding steroid dienone is 1. The Morgan fingerprint density at radius 2 is 1.85 bits per heavy atom. The average molecular weight is 556 g/mol. The van der Waals surface area contributed by atoms with Gasteiger partial charge in [0.15, 0.2) is 11.6 Å². The van der Waals surface area contributed by atoms with Crippen LogP contribution in [-0.2, 0) is 15.7 Å². The molecule has 0 bridgehead atoms. The molecule has 0 saturated heterocycles. The first-order valence-electron chi connectivity index (χ1n) is 12.3. The summed E-state index contributed by atoms with van der Waals surface area (Å²) in [5.41, 5.74) is 8.16. The maximum atomic E-state index is 13.1. The molecule has 0 amide bonds. The van der Waals surface area contributed by atoms with Crippen LogP contribution in [0.4, 0.5) is 24.9 Å². The van der Waals surface area contributed by atoms with Crippen LogP contribution in [0.25, 0.3) is 11.3 Å². The first-order valence-corrected chi connectivity index (χ1v) is 12.3. The van der Waals surface area contributed by atoms with Gasteiger partial charge in [0.1, 0.15) is 12.3 Å². The largest absolute Gasteiger partial charge is 0.478 e. The van der Waals surface area contributed by atoms with Crippen LogP contribution >= 0.6 is 0 Å². The lowest BCUT2D eigenvalue weighted by Gasteiger charge is -2.13. The molecule has 2 aromatic heterocycles. The molecule has 3 aromatic rings. The molecule has 0 radical (unpaired) electrons. The maximum absolute atomic E-state index is 13.1. The Balaban J connectivity index is 1.64. The highest BCUT2D eigenvalue weighted by Crippen LogP contribution is 2.37. The fourth-order valence-electron chi connectivity index (χ4n) is 4.14. The second-order valence-corrected chi connectivity index (χ2v) is 9.21. The third-order valence-electron chi connectivity index (χ3n) is 6.08. The number of ketones is 1. The van der Waals surface area contributed by atoms with Crippen LogP contribution in [0.5, 0.6) is 5.88 Å². The van der Waals surface area contributed by atoms with Gasteiger partial charge in [0.25, 0.3) is 5.88 Å². The van der Waals surface area contributed by atoms with Gasteiger partial charge in [-0.15, -0.1) is 0 Å². The minimum absolute atomic E-state index is 0.000187. The summed E-state index contributed by atoms with van der Waals surface area (Å²) in [6, 6.07) is 6.52. The van der Waals surface area contributed by atoms with E-state index in [-0.39, 0.29) is 36.4 Å². The Morgan fingerprint density at radius 3 is 2.52 bits per heavy atom. The molecule has 0 fully saturated rings. The van der Waals surface area contributed by atoms with Crippen LogP contribution in [0.2, 0.25) is 0 Å². The van der Waals surface area contributed by atoms with Crippen molar-refractivity contribution >= 4 is 34.5 Å². The van der Waals surface area contributed by atoms with Gasteiger partial charge in [-0.25, -0.2) is 24.9 Å². The molecule has 10 nitrogen and oxygen atoms in total. The number of Topliss-reactive ketones (excluding diaryl/α,β-unsaturated/α-hetero) is 1. The van der Waals surface area contributed by atoms with E-state index < -0.39 is 11.7 Å². The zero-order valence-corrected chi connectivity index (χ0v) is 22.1. The van der Waals surface area contributed by atoms with Crippen molar-refractivity contribution in [2.45, 2.75) is 25.9 Å². The van der Waals surface area contributed by atoms with E-state index >= 15 is 0 Å². The molecular weight excluding hydrogens is 527 g/mol. The SMILES string of the molecule is COCC(=O)C[C@@H](C)CNc1nccc(C2=C(c3cnc(N)c(OC)n3)N=C(c3ccc(C(F)(F)F)cc3)C2)n1. The fourth-order valence-corrected chi connectivity index (χ4v) is 4.14. The lowest BCUT2D eigenvalue weighted by Crippen LogP contribution is -2.18. The van der Waals surface area contributed by atoms with Gasteiger partial charge in [0, 0.05) is 38.3 Å². The molecule has 3 heterocycles. The summed E-state index contributed by atoms with van der Waals surface area (Å²) in [4.78, 5) is 34.1. The summed E-state index contributed by atoms with van der Waals surface area (Å²) in [5.74, 6) is 0.581. The smallest absolute Gasteiger partial charge is 0.416 e. The lowest BCUT2D eigenvalue weighted by atomic mass is 10.00. The van der Waals surface area contributed by atoms with Crippen molar-refractivity contribution in [3.63, 3.8) is 0 Å². The molecule has 0 spiro atoms. The summed E-state index contributed by atoms with van der Waals surface area (Å²) in [7, 11) is 2.89. The van der Waals surface area contributed by atoms with E-state index in [1.165, 1.54) is 32.5 Å². The number of aromatic nitrogens is 4. The van der Waals surface area contributed by atoms with E-state index in [4.69, 9.17) is 20.2 Å². The summed E-state index contributed by atoms with van der Waals surface area (Å²) in [6.07, 6.45) is -0.794. The van der Waals surface area contributed by atoms with Crippen molar-refractivity contribution in [2.24, 2.45) is 10.9 Å². The highest BCUT2D eigenvalue weighted by atomic mass is 19.4. The van der Waals surface area contributed by atoms with Gasteiger partial charge in [0.2, 0.25) is 5.95 Å². The van der Waals surface area contributed by atoms with E-state index in [0.29, 0.717) is 52.8 Å². The van der Waals surface area contributed by atoms with Crippen molar-refractivity contribution in [1.29, 1.82) is 0 Å². The number of anilines is 2. The molecular formula is C27H28F3N7O3. The van der Waals surface area contributed by atoms with Crippen LogP contribution in [0.3, 0.4) is 0 Å². The number of carbonyl (C=O) groups excluding carboxylic acids is 1. The third kappa shape index (κ3) is 6.78. The van der Waals surface area contributed by atoms with E-state index in [0.717, 1.165) is 12.1 Å². The van der Waals surface area contributed by atoms with Gasteiger partial charge in [-0.1, -0.05) is 19.1 Å². The average Bonchev–Trinajstić information content (AvgIpc) is 3.38. The number of nitrogens with one attached hydrogen (secondary N) is 1. The summed E-state index contributed by atoms with van der Waals surface area (Å²) < 4.78 is 49.4. The Bertz CT molecular complexity index is 1440. The standard InChI is InChI=1S/C27H28F3N7O3/c1-15(10-18(38)14-39-2)12-34-26-32-9-8-20(37-26)19-11-21(16-4-6-17(7-5-16)27(28,29)30)35-23(19)22-13-33-24(31)25(36-22)40-3/h4-9,13,15H,10-12,14H2,1-3H3,(H2,31,33)(H,32,34,37)/t15-/m1/s1. The van der Waals surface area contributed by atoms with Gasteiger partial charge >= 0.3 is 6.18 Å². The number of methoxy groups -OCH3 is 2. The lowest BCUT2D eigenvalue weighted by molar-refractivity contribution is -0.137. The fraction of sp³-hybridized carbons (Fsp3) is 0.333. The zero-order valence-electron chi connectivity index (χ0n) is 22.1. The molecule has 4 rings (SSSR count). The predicted molar refractivity (Wildman–Crippen MR) is 144 cm³/mol. The summed E-state index contributed by atoms with van der Waals surface area (Å²) >= 11 is 0. The summed E-state index contributed by atoms with van der Waals surface area (Å²) in [6.45, 7) is 2.45. The molecule has 1 aromatic carbocycles. The summed E-state index contributed by atoms with van der Waals surface area (Å²) in [5, 5.41) is 3.15. The van der Waals surface area contributed by atoms with Crippen LogP contribution in [0, 0.1) is 5.92 Å². The number of nitrogens with zero attached hydrogens (tertiary/aromatic N) is 5. The number of nitrogens with two attached hydrogens (primary N) is 1. The Labute approximate surface area is 228 Å². The van der Waals surface area contributed by atoms with Crippen molar-refractivity contribution in [1.82, 2.24) is 19.9 Å². The van der Waals surface area contributed by atoms with Gasteiger partial charge < -0.3 is 20.5 Å². The van der Waals surface area contributed by atoms with Crippen LogP contribution < -0.4 is 15.8 Å². The normalized spacial score (nSPS) is 14.2. The highest BCUT2D eigenvalue weighted by Gasteiger charge is 2.31. The number of ether oxygens (including phenoxy) is 2. The van der Waals surface area contributed by atoms with E-state index in [1.807, 2.05) is 6.92 Å². The Kier molecular flexibility index (Phi) is 8.73. The monoisotopic (exact) mass is 555 g/mol. The predicted octanol–water partition coefficient (Wildman–Crippen LogP) is 4.29. The number of halogens is 3. The maximum Gasteiger partial charge on any atom is 0.416 e. The van der Waals surface area contributed by atoms with Gasteiger partial charge in [-0.05, 0) is 29.7 Å². The van der Waals surface area contributed by atoms with Crippen LogP contribution in [0.1, 0.15) is 42.3 Å². The molecule has 3 N–H and O–H groups in total. The first kappa shape index (κ1) is 28.6. The third-order valence-corrected chi connectivity index (χ3v) is 6.08. The molecule has 0 aliphatic carbocycles. The number of carbonyl (C=O) groups is 1. The molecule has 13 heteroatoms. The topological polar surface area (TPSA) is 138 Å². The number of hydrogen-bond acceptors (Lipinski definition) is 10. The molecule has 1 atom stereocenters. The Morgan fingerprint density at radius 1 is 1.10 bits per heavy atom. The van der Waals surface area contributed by atoms with E-state index in [2.05, 4.69) is 25.3 Å². The van der Waals surface area contributed by atoms with Crippen LogP contribution in [-0.4, -0.2) is 58.8 Å². The van der Waals surface area contributed by atoms with E-state index in [1.54, 1.807) is 12.3 Å². The zero-order chi connectivity index (χ0) is 28.9. The van der Waals surface area contributed by atoms with Crippen molar-refractivity contribution in [2.75, 3.05) is 38.4 Å². The molecule has 0 saturated carbocycles. The first-order chi connectivity index (χ1) is 19.1. The molecule has 1 aliphatic heterocycles. The second-order valence-electron chi connectivity index (χ2n) is 9.21. The van der Waals surface area contributed by atoms with Gasteiger partial charge in [-0.3, -0.25) is 4.79 Å². The molecule has 40 heavy (non-hydrogen) atoms. The molecule has 1 aliphatic rings. The number of aliphatic imine (C=N–C) groups is 1. The number of nitrogen functional groups attached to an aromatic ring is 1. The van der Waals surface area contributed by atoms with Crippen molar-refractivity contribution in [3.8, 4) is 5.88 Å². The minimum Gasteiger partial charge on any atom is -0.478 e. The number of hydrogen-bond donors (Lipinski definition) is 2. The molecule has 210 valence electrons. The molecule has 0 unspecified atom stereocenters.